The van der Waals surface area contributed by atoms with Crippen LogP contribution in [0.4, 0.5) is 5.00 Å². The number of rotatable bonds is 8. The largest absolute Gasteiger partial charge is 0.489 e. The summed E-state index contributed by atoms with van der Waals surface area (Å²) in [5.74, 6) is -1.10. The van der Waals surface area contributed by atoms with Gasteiger partial charge in [-0.05, 0) is 73.2 Å². The second-order valence-corrected chi connectivity index (χ2v) is 11.3. The highest BCUT2D eigenvalue weighted by molar-refractivity contribution is 7.16. The Morgan fingerprint density at radius 3 is 2.45 bits per heavy atom. The maximum absolute atomic E-state index is 12.7. The molecule has 0 fully saturated rings. The van der Waals surface area contributed by atoms with Gasteiger partial charge in [-0.1, -0.05) is 48.5 Å². The molecule has 0 unspecified atom stereocenters. The fourth-order valence-corrected chi connectivity index (χ4v) is 6.25. The van der Waals surface area contributed by atoms with E-state index in [2.05, 4.69) is 21.9 Å². The molecule has 9 nitrogen and oxygen atoms in total. The molecule has 0 saturated heterocycles. The van der Waals surface area contributed by atoms with Crippen molar-refractivity contribution >= 4 is 34.4 Å². The van der Waals surface area contributed by atoms with E-state index < -0.39 is 11.8 Å². The number of hydrazone groups is 1. The zero-order chi connectivity index (χ0) is 30.3. The molecule has 10 heteroatoms. The normalized spacial score (nSPS) is 12.3. The number of nitrogens with zero attached hydrogens (tertiary/aromatic N) is 4. The average Bonchev–Trinajstić information content (AvgIpc) is 3.66. The van der Waals surface area contributed by atoms with E-state index >= 15 is 0 Å². The highest BCUT2D eigenvalue weighted by Gasteiger charge is 2.23. The van der Waals surface area contributed by atoms with Crippen molar-refractivity contribution in [2.75, 3.05) is 5.32 Å². The third-order valence-electron chi connectivity index (χ3n) is 7.23. The minimum Gasteiger partial charge on any atom is -0.489 e. The van der Waals surface area contributed by atoms with Crippen LogP contribution >= 0.6 is 11.3 Å². The quantitative estimate of drug-likeness (QED) is 0.128. The van der Waals surface area contributed by atoms with E-state index in [1.807, 2.05) is 84.9 Å². The number of ether oxygens (including phenoxy) is 1. The summed E-state index contributed by atoms with van der Waals surface area (Å²) in [6.45, 7) is 0.459. The number of fused-ring (bicyclic) bond motifs is 1. The van der Waals surface area contributed by atoms with E-state index in [1.54, 1.807) is 10.9 Å². The average molecular weight is 601 g/mol. The van der Waals surface area contributed by atoms with Gasteiger partial charge in [-0.25, -0.2) is 10.1 Å². The molecule has 0 radical (unpaired) electrons. The molecule has 6 rings (SSSR count). The molecule has 0 aliphatic heterocycles. The molecule has 218 valence electrons. The van der Waals surface area contributed by atoms with Crippen LogP contribution in [0.15, 0.2) is 96.2 Å². The third kappa shape index (κ3) is 6.43. The molecular formula is C34H28N6O3S. The van der Waals surface area contributed by atoms with Gasteiger partial charge >= 0.3 is 11.8 Å². The number of anilines is 1. The molecule has 0 atom stereocenters. The molecule has 0 spiro atoms. The summed E-state index contributed by atoms with van der Waals surface area (Å²) in [6, 6.07) is 29.3. The van der Waals surface area contributed by atoms with E-state index in [4.69, 9.17) is 9.84 Å². The second-order valence-electron chi connectivity index (χ2n) is 10.2. The fraction of sp³-hybridized carbons (Fsp3) is 0.147. The molecule has 5 aromatic rings. The monoisotopic (exact) mass is 600 g/mol. The number of benzene rings is 3. The highest BCUT2D eigenvalue weighted by Crippen LogP contribution is 2.37. The molecule has 44 heavy (non-hydrogen) atoms. The van der Waals surface area contributed by atoms with Crippen LogP contribution in [0.2, 0.25) is 0 Å². The Morgan fingerprint density at radius 1 is 0.977 bits per heavy atom. The van der Waals surface area contributed by atoms with Crippen LogP contribution in [-0.2, 0) is 29.0 Å². The van der Waals surface area contributed by atoms with Gasteiger partial charge in [0.1, 0.15) is 29.1 Å². The van der Waals surface area contributed by atoms with Crippen LogP contribution in [0.25, 0.3) is 16.9 Å². The smallest absolute Gasteiger partial charge is 0.329 e. The number of nitrogens with one attached hydrogen (secondary N) is 2. The van der Waals surface area contributed by atoms with E-state index in [0.717, 1.165) is 58.7 Å². The predicted molar refractivity (Wildman–Crippen MR) is 170 cm³/mol. The number of amides is 2. The van der Waals surface area contributed by atoms with Crippen molar-refractivity contribution < 1.29 is 14.3 Å². The number of hydrogen-bond acceptors (Lipinski definition) is 7. The van der Waals surface area contributed by atoms with E-state index in [-0.39, 0.29) is 0 Å². The molecule has 2 heterocycles. The number of aryl methyl sites for hydroxylation is 1. The van der Waals surface area contributed by atoms with Gasteiger partial charge in [0.05, 0.1) is 17.5 Å². The summed E-state index contributed by atoms with van der Waals surface area (Å²) in [5, 5.41) is 21.5. The van der Waals surface area contributed by atoms with Crippen LogP contribution in [0.3, 0.4) is 0 Å². The van der Waals surface area contributed by atoms with Gasteiger partial charge in [0.2, 0.25) is 0 Å². The molecule has 2 N–H and O–H groups in total. The molecule has 1 aliphatic rings. The van der Waals surface area contributed by atoms with Crippen LogP contribution in [0, 0.1) is 11.3 Å². The summed E-state index contributed by atoms with van der Waals surface area (Å²) in [5.41, 5.74) is 7.75. The number of para-hydroxylation sites is 1. The van der Waals surface area contributed by atoms with Gasteiger partial charge in [0.25, 0.3) is 0 Å². The highest BCUT2D eigenvalue weighted by atomic mass is 32.1. The van der Waals surface area contributed by atoms with E-state index in [9.17, 15) is 14.9 Å². The Morgan fingerprint density at radius 2 is 1.70 bits per heavy atom. The van der Waals surface area contributed by atoms with Crippen molar-refractivity contribution in [3.8, 4) is 28.8 Å². The predicted octanol–water partition coefficient (Wildman–Crippen LogP) is 6.02. The maximum atomic E-state index is 12.7. The van der Waals surface area contributed by atoms with Crippen LogP contribution < -0.4 is 15.5 Å². The summed E-state index contributed by atoms with van der Waals surface area (Å²) in [7, 11) is 0. The van der Waals surface area contributed by atoms with Gasteiger partial charge in [0.15, 0.2) is 0 Å². The lowest BCUT2D eigenvalue weighted by molar-refractivity contribution is -0.136. The third-order valence-corrected chi connectivity index (χ3v) is 8.43. The molecule has 2 aromatic heterocycles. The second kappa shape index (κ2) is 13.2. The number of thiophene rings is 1. The first-order valence-electron chi connectivity index (χ1n) is 14.2. The SMILES string of the molecule is N#Cc1c(NC(=O)C(=O)N/N=C/c2cn(-c3ccccc3)nc2-c2ccc(OCc3ccccc3)cc2)sc2c1CCCC2. The molecule has 2 amide bonds. The van der Waals surface area contributed by atoms with Crippen molar-refractivity contribution in [3.05, 3.63) is 118 Å². The zero-order valence-corrected chi connectivity index (χ0v) is 24.5. The van der Waals surface area contributed by atoms with E-state index in [0.29, 0.717) is 28.4 Å². The zero-order valence-electron chi connectivity index (χ0n) is 23.7. The lowest BCUT2D eigenvalue weighted by Crippen LogP contribution is -2.32. The maximum Gasteiger partial charge on any atom is 0.329 e. The van der Waals surface area contributed by atoms with Crippen LogP contribution in [0.5, 0.6) is 5.75 Å². The van der Waals surface area contributed by atoms with Crippen molar-refractivity contribution in [1.29, 1.82) is 5.26 Å². The van der Waals surface area contributed by atoms with Crippen molar-refractivity contribution in [2.45, 2.75) is 32.3 Å². The Hall–Kier alpha value is -5.53. The summed E-state index contributed by atoms with van der Waals surface area (Å²) < 4.78 is 7.66. The van der Waals surface area contributed by atoms with Crippen molar-refractivity contribution in [3.63, 3.8) is 0 Å². The lowest BCUT2D eigenvalue weighted by Gasteiger charge is -2.09. The van der Waals surface area contributed by atoms with Gasteiger partial charge < -0.3 is 10.1 Å². The summed E-state index contributed by atoms with van der Waals surface area (Å²) in [6.07, 6.45) is 7.01. The van der Waals surface area contributed by atoms with E-state index in [1.165, 1.54) is 17.6 Å². The summed E-state index contributed by atoms with van der Waals surface area (Å²) in [4.78, 5) is 26.4. The standard InChI is InChI=1S/C34H28N6O3S/c35-19-29-28-13-7-8-14-30(28)44-34(29)37-32(41)33(42)38-36-20-25-21-40(26-11-5-2-6-12-26)39-31(25)24-15-17-27(18-16-24)43-22-23-9-3-1-4-10-23/h1-6,9-12,15-18,20-21H,7-8,13-14,22H2,(H,37,41)(H,38,42)/b36-20+. The first-order chi connectivity index (χ1) is 21.6. The Kier molecular flexibility index (Phi) is 8.57. The Balaban J connectivity index is 1.17. The van der Waals surface area contributed by atoms with Gasteiger partial charge in [-0.2, -0.15) is 15.5 Å². The fourth-order valence-electron chi connectivity index (χ4n) is 5.01. The molecular weight excluding hydrogens is 572 g/mol. The first-order valence-corrected chi connectivity index (χ1v) is 15.0. The number of nitriles is 1. The minimum atomic E-state index is -0.937. The molecule has 1 aliphatic carbocycles. The number of aromatic nitrogens is 2. The van der Waals surface area contributed by atoms with Crippen molar-refractivity contribution in [1.82, 2.24) is 15.2 Å². The van der Waals surface area contributed by atoms with Gasteiger partial charge in [-0.15, -0.1) is 11.3 Å². The summed E-state index contributed by atoms with van der Waals surface area (Å²) >= 11 is 1.36. The Labute approximate surface area is 258 Å². The minimum absolute atomic E-state index is 0.408. The lowest BCUT2D eigenvalue weighted by atomic mass is 9.96. The number of hydrogen-bond donors (Lipinski definition) is 2. The molecule has 0 saturated carbocycles. The first kappa shape index (κ1) is 28.6. The van der Waals surface area contributed by atoms with Gasteiger partial charge in [0, 0.05) is 22.2 Å². The molecule has 0 bridgehead atoms. The van der Waals surface area contributed by atoms with Crippen LogP contribution in [0.1, 0.15) is 40.0 Å². The topological polar surface area (TPSA) is 121 Å². The van der Waals surface area contributed by atoms with Crippen LogP contribution in [-0.4, -0.2) is 27.8 Å². The molecule has 3 aromatic carbocycles. The van der Waals surface area contributed by atoms with Gasteiger partial charge in [-0.3, -0.25) is 9.59 Å². The number of carbonyl (C=O) groups excluding carboxylic acids is 2. The Bertz CT molecular complexity index is 1850. The number of carbonyl (C=O) groups is 2. The van der Waals surface area contributed by atoms with Crippen molar-refractivity contribution in [2.24, 2.45) is 5.10 Å².